The summed E-state index contributed by atoms with van der Waals surface area (Å²) in [6.45, 7) is 11.8. The van der Waals surface area contributed by atoms with Crippen molar-refractivity contribution in [3.8, 4) is 0 Å². The van der Waals surface area contributed by atoms with Crippen LogP contribution in [0.15, 0.2) is 22.0 Å². The quantitative estimate of drug-likeness (QED) is 0.762. The molecule has 6 nitrogen and oxygen atoms in total. The Kier molecular flexibility index (Phi) is 5.45. The molecule has 7 heteroatoms. The van der Waals surface area contributed by atoms with Gasteiger partial charge in [0.15, 0.2) is 5.82 Å². The Morgan fingerprint density at radius 3 is 2.74 bits per heavy atom. The molecule has 0 spiro atoms. The molecule has 3 rings (SSSR count). The molecule has 1 aliphatic rings. The van der Waals surface area contributed by atoms with Crippen LogP contribution in [0.3, 0.4) is 0 Å². The van der Waals surface area contributed by atoms with Crippen LogP contribution in [0.5, 0.6) is 0 Å². The van der Waals surface area contributed by atoms with E-state index in [4.69, 9.17) is 9.26 Å². The number of rotatable bonds is 5. The third-order valence-corrected chi connectivity index (χ3v) is 5.61. The van der Waals surface area contributed by atoms with Gasteiger partial charge in [0.2, 0.25) is 5.89 Å². The minimum absolute atomic E-state index is 0.0591. The number of esters is 1. The molecule has 148 valence electrons. The molecule has 0 saturated carbocycles. The van der Waals surface area contributed by atoms with Gasteiger partial charge in [0.1, 0.15) is 11.1 Å². The first-order chi connectivity index (χ1) is 12.6. The molecule has 3 heterocycles. The van der Waals surface area contributed by atoms with E-state index >= 15 is 0 Å². The van der Waals surface area contributed by atoms with E-state index in [1.807, 2.05) is 39.1 Å². The van der Waals surface area contributed by atoms with Crippen molar-refractivity contribution in [2.75, 3.05) is 0 Å². The molecule has 0 aromatic carbocycles. The van der Waals surface area contributed by atoms with Crippen LogP contribution < -0.4 is 5.32 Å². The molecule has 27 heavy (non-hydrogen) atoms. The number of thiophene rings is 1. The summed E-state index contributed by atoms with van der Waals surface area (Å²) in [6, 6.07) is 4.04. The minimum Gasteiger partial charge on any atom is -0.459 e. The number of ether oxygens (including phenoxy) is 1. The van der Waals surface area contributed by atoms with Gasteiger partial charge in [0, 0.05) is 4.88 Å². The summed E-state index contributed by atoms with van der Waals surface area (Å²) in [6.07, 6.45) is 1.26. The van der Waals surface area contributed by atoms with E-state index in [2.05, 4.69) is 35.4 Å². The first-order valence-corrected chi connectivity index (χ1v) is 10.3. The monoisotopic (exact) mass is 391 g/mol. The molecule has 1 fully saturated rings. The third-order valence-electron chi connectivity index (χ3n) is 4.66. The normalized spacial score (nSPS) is 25.9. The van der Waals surface area contributed by atoms with Gasteiger partial charge in [-0.15, -0.1) is 11.3 Å². The zero-order chi connectivity index (χ0) is 19.8. The molecule has 0 aliphatic carbocycles. The number of hydrogen-bond acceptors (Lipinski definition) is 7. The Bertz CT molecular complexity index is 779. The van der Waals surface area contributed by atoms with E-state index in [1.165, 1.54) is 0 Å². The molecule has 3 atom stereocenters. The lowest BCUT2D eigenvalue weighted by molar-refractivity contribution is -0.163. The highest BCUT2D eigenvalue weighted by atomic mass is 32.1. The average Bonchev–Trinajstić information content (AvgIpc) is 3.23. The van der Waals surface area contributed by atoms with Gasteiger partial charge in [0.25, 0.3) is 0 Å². The number of nitrogens with one attached hydrogen (secondary N) is 1. The predicted octanol–water partition coefficient (Wildman–Crippen LogP) is 4.38. The van der Waals surface area contributed by atoms with Crippen LogP contribution in [-0.4, -0.2) is 27.2 Å². The zero-order valence-corrected chi connectivity index (χ0v) is 17.7. The first kappa shape index (κ1) is 20.0. The van der Waals surface area contributed by atoms with Gasteiger partial charge in [-0.3, -0.25) is 10.1 Å². The van der Waals surface area contributed by atoms with E-state index in [0.29, 0.717) is 30.5 Å². The second-order valence-electron chi connectivity index (χ2n) is 8.81. The Balaban J connectivity index is 2.00. The summed E-state index contributed by atoms with van der Waals surface area (Å²) in [5, 5.41) is 9.63. The second-order valence-corrected chi connectivity index (χ2v) is 9.79. The molecule has 0 bridgehead atoms. The average molecular weight is 392 g/mol. The van der Waals surface area contributed by atoms with Gasteiger partial charge in [0.05, 0.1) is 12.0 Å². The summed E-state index contributed by atoms with van der Waals surface area (Å²) in [7, 11) is 0. The van der Waals surface area contributed by atoms with Crippen molar-refractivity contribution in [3.05, 3.63) is 34.1 Å². The van der Waals surface area contributed by atoms with Gasteiger partial charge >= 0.3 is 5.97 Å². The highest BCUT2D eigenvalue weighted by molar-refractivity contribution is 7.10. The number of carbonyl (C=O) groups excluding carboxylic acids is 1. The van der Waals surface area contributed by atoms with Crippen molar-refractivity contribution < 1.29 is 14.1 Å². The van der Waals surface area contributed by atoms with Crippen molar-refractivity contribution in [2.24, 2.45) is 5.92 Å². The lowest BCUT2D eigenvalue weighted by Crippen LogP contribution is -2.51. The Labute approximate surface area is 164 Å². The van der Waals surface area contributed by atoms with Gasteiger partial charge in [-0.1, -0.05) is 25.1 Å². The highest BCUT2D eigenvalue weighted by Gasteiger charge is 2.54. The fourth-order valence-corrected chi connectivity index (χ4v) is 4.66. The Morgan fingerprint density at radius 1 is 1.48 bits per heavy atom. The Morgan fingerprint density at radius 2 is 2.22 bits per heavy atom. The van der Waals surface area contributed by atoms with Gasteiger partial charge < -0.3 is 9.26 Å². The SMILES string of the molecule is Cc1noc(C2CC(CC(C)C)(C(=O)OC(C)(C)C)NC2c2cccs2)n1. The van der Waals surface area contributed by atoms with Crippen LogP contribution in [0.2, 0.25) is 0 Å². The highest BCUT2D eigenvalue weighted by Crippen LogP contribution is 2.48. The van der Waals surface area contributed by atoms with E-state index in [-0.39, 0.29) is 17.9 Å². The lowest BCUT2D eigenvalue weighted by atomic mass is 9.84. The minimum atomic E-state index is -0.775. The number of hydrogen-bond donors (Lipinski definition) is 1. The molecule has 3 unspecified atom stereocenters. The molecule has 2 aromatic heterocycles. The van der Waals surface area contributed by atoms with Crippen LogP contribution in [0.1, 0.15) is 76.0 Å². The molecule has 0 radical (unpaired) electrons. The number of carbonyl (C=O) groups is 1. The topological polar surface area (TPSA) is 77.2 Å². The lowest BCUT2D eigenvalue weighted by Gasteiger charge is -2.33. The van der Waals surface area contributed by atoms with Gasteiger partial charge in [-0.05, 0) is 57.9 Å². The van der Waals surface area contributed by atoms with E-state index in [9.17, 15) is 4.79 Å². The van der Waals surface area contributed by atoms with Gasteiger partial charge in [-0.2, -0.15) is 4.98 Å². The van der Waals surface area contributed by atoms with Crippen LogP contribution in [0, 0.1) is 12.8 Å². The smallest absolute Gasteiger partial charge is 0.326 e. The summed E-state index contributed by atoms with van der Waals surface area (Å²) in [5.41, 5.74) is -1.32. The largest absolute Gasteiger partial charge is 0.459 e. The first-order valence-electron chi connectivity index (χ1n) is 9.44. The maximum absolute atomic E-state index is 13.3. The number of nitrogens with zero attached hydrogens (tertiary/aromatic N) is 2. The zero-order valence-electron chi connectivity index (χ0n) is 16.9. The van der Waals surface area contributed by atoms with Crippen LogP contribution in [-0.2, 0) is 9.53 Å². The molecule has 1 aliphatic heterocycles. The summed E-state index contributed by atoms with van der Waals surface area (Å²) in [5.74, 6) is 1.23. The summed E-state index contributed by atoms with van der Waals surface area (Å²) in [4.78, 5) is 18.9. The van der Waals surface area contributed by atoms with Crippen LogP contribution >= 0.6 is 11.3 Å². The second kappa shape index (κ2) is 7.36. The Hall–Kier alpha value is -1.73. The van der Waals surface area contributed by atoms with Gasteiger partial charge in [-0.25, -0.2) is 0 Å². The van der Waals surface area contributed by atoms with Crippen molar-refractivity contribution in [2.45, 2.75) is 77.5 Å². The van der Waals surface area contributed by atoms with Crippen molar-refractivity contribution in [1.82, 2.24) is 15.5 Å². The van der Waals surface area contributed by atoms with Crippen molar-refractivity contribution in [1.29, 1.82) is 0 Å². The summed E-state index contributed by atoms with van der Waals surface area (Å²) < 4.78 is 11.3. The van der Waals surface area contributed by atoms with Crippen molar-refractivity contribution >= 4 is 17.3 Å². The van der Waals surface area contributed by atoms with Crippen LogP contribution in [0.4, 0.5) is 0 Å². The molecule has 1 N–H and O–H groups in total. The maximum atomic E-state index is 13.3. The molecule has 0 amide bonds. The van der Waals surface area contributed by atoms with E-state index in [1.54, 1.807) is 11.3 Å². The number of aryl methyl sites for hydroxylation is 1. The maximum Gasteiger partial charge on any atom is 0.326 e. The molecule has 2 aromatic rings. The predicted molar refractivity (Wildman–Crippen MR) is 105 cm³/mol. The standard InChI is InChI=1S/C20H29N3O3S/c1-12(2)10-20(18(24)25-19(4,5)6)11-14(17-21-13(3)23-26-17)16(22-20)15-8-7-9-27-15/h7-9,12,14,16,22H,10-11H2,1-6H3. The fourth-order valence-electron chi connectivity index (χ4n) is 3.82. The molecular formula is C20H29N3O3S. The van der Waals surface area contributed by atoms with Crippen molar-refractivity contribution in [3.63, 3.8) is 0 Å². The van der Waals surface area contributed by atoms with E-state index in [0.717, 1.165) is 4.88 Å². The molecule has 1 saturated heterocycles. The van der Waals surface area contributed by atoms with Crippen LogP contribution in [0.25, 0.3) is 0 Å². The fraction of sp³-hybridized carbons (Fsp3) is 0.650. The molecular weight excluding hydrogens is 362 g/mol. The summed E-state index contributed by atoms with van der Waals surface area (Å²) >= 11 is 1.67. The van der Waals surface area contributed by atoms with E-state index < -0.39 is 11.1 Å². The number of aromatic nitrogens is 2. The third kappa shape index (κ3) is 4.41.